The third kappa shape index (κ3) is 17.3. The first kappa shape index (κ1) is 104. The van der Waals surface area contributed by atoms with Gasteiger partial charge in [0.25, 0.3) is 0 Å². The van der Waals surface area contributed by atoms with Gasteiger partial charge in [0.15, 0.2) is 11.6 Å². The summed E-state index contributed by atoms with van der Waals surface area (Å²) >= 11 is 0. The van der Waals surface area contributed by atoms with Crippen molar-refractivity contribution < 1.29 is 80.3 Å². The molecule has 0 amide bonds. The summed E-state index contributed by atoms with van der Waals surface area (Å²) in [7, 11) is 0. The summed E-state index contributed by atoms with van der Waals surface area (Å²) in [5.41, 5.74) is 17.0. The smallest absolute Gasteiger partial charge is 0.662 e. The number of aromatic nitrogens is 22. The van der Waals surface area contributed by atoms with Crippen LogP contribution in [0, 0.1) is 24.3 Å². The molecule has 0 spiro atoms. The van der Waals surface area contributed by atoms with Crippen LogP contribution in [0.2, 0.25) is 0 Å². The standard InChI is InChI=1S/C30H34N4.C28H32N6.2C26H32N6.Cu.3Pt/c1-27(2)21-11-9-13-23(19-21)29(5,6)33-17-15-25(31-33)28(3,4)26-16-18-34(32-26)30(7,8)24-14-10-12-22(27)20-24;1-25(2)19-11-9-13-21(15-19)27(5,6)33-17-29-23(31-33)26(3,4)24-30-18-34(32-24)28(7,8)22-14-10-12-20(25)16-22;2*1-23(2)17-9-11-21(27-17)25(5,6)31-15-13-19(29-31)24(3,4)20-14-16-32(30-20)26(7,8)22-12-10-18(23)28-22;;;;/h9-18H,1-8H3;9-14,17-18H,1-8H3;2*9-16H,1-8H3;;;;/q4*-2;4*+2. The molecule has 0 saturated heterocycles. The maximum atomic E-state index is 5.08. The van der Waals surface area contributed by atoms with Crippen molar-refractivity contribution in [2.75, 3.05) is 0 Å². The molecular formula is C110H130CuN22Pt3. The van der Waals surface area contributed by atoms with E-state index < -0.39 is 16.5 Å². The number of benzene rings is 4. The maximum Gasteiger partial charge on any atom is 2.00 e. The Morgan fingerprint density at radius 1 is 0.191 bits per heavy atom. The minimum absolute atomic E-state index is 0. The average Bonchev–Trinajstić information content (AvgIpc) is 1.61. The monoisotopic (exact) mass is 2410 g/mol. The molecular weight excluding hydrogens is 2280 g/mol. The first-order valence-corrected chi connectivity index (χ1v) is 46.3. The first-order valence-electron chi connectivity index (χ1n) is 46.3. The van der Waals surface area contributed by atoms with Gasteiger partial charge in [-0.2, -0.15) is 183 Å². The second kappa shape index (κ2) is 35.2. The number of hydrogen-bond acceptors (Lipinski definition) is 10. The quantitative estimate of drug-likeness (QED) is 0.102. The van der Waals surface area contributed by atoms with Crippen molar-refractivity contribution in [1.82, 2.24) is 108 Å². The molecule has 0 fully saturated rings. The summed E-state index contributed by atoms with van der Waals surface area (Å²) in [5.74, 6) is 1.38. The van der Waals surface area contributed by atoms with Crippen LogP contribution in [0.5, 0.6) is 0 Å². The Hall–Kier alpha value is -9.88. The van der Waals surface area contributed by atoms with Gasteiger partial charge in [0.2, 0.25) is 0 Å². The van der Waals surface area contributed by atoms with E-state index in [1.165, 1.54) is 0 Å². The van der Waals surface area contributed by atoms with Crippen LogP contribution in [-0.4, -0.2) is 88.2 Å². The van der Waals surface area contributed by atoms with E-state index in [4.69, 9.17) is 70.7 Å². The van der Waals surface area contributed by atoms with Gasteiger partial charge in [-0.1, -0.05) is 104 Å². The van der Waals surface area contributed by atoms with Crippen LogP contribution in [-0.2, 0) is 168 Å². The molecule has 22 nitrogen and oxygen atoms in total. The zero-order valence-corrected chi connectivity index (χ0v) is 92.5. The van der Waals surface area contributed by atoms with Crippen LogP contribution >= 0.6 is 0 Å². The minimum atomic E-state index is -0.557. The fourth-order valence-electron chi connectivity index (χ4n) is 18.4. The SMILES string of the molecule is CC1(C)c2[c-]c(ccc2)C(C)(C)n2ccc(n2)C(C)(C)c2ccn(n2)C(C)(C)c2[c-]c1ccc2.CC1(C)c2[c-]c(ccc2)C(C)(C)n2cnc(n2)C(C)(C)c2ncn(n2)C(C)(C)c2[c-]c1ccc2.CC1(C)c2ccn(n2)C(C)(C)c2ccc([n-]2)C(C)(C)c2ccc([n-]2)C(C)(C)n2ccc1n2.CC1(C)c2ccn(n2)C(C)(C)c2ccc([n-]2)C(C)(C)c2ccc([n-]2)C(C)(C)n2ccc1n2.[Cu+2].[Pt+2].[Pt+2].[Pt+2]. The van der Waals surface area contributed by atoms with E-state index in [1.54, 1.807) is 12.7 Å². The second-order valence-corrected chi connectivity index (χ2v) is 45.1. The Kier molecular flexibility index (Phi) is 26.8. The summed E-state index contributed by atoms with van der Waals surface area (Å²) < 4.78 is 16.1. The Morgan fingerprint density at radius 3 is 0.588 bits per heavy atom. The molecule has 721 valence electrons. The molecule has 1 radical (unpaired) electrons. The third-order valence-corrected chi connectivity index (χ3v) is 30.2. The van der Waals surface area contributed by atoms with Crippen molar-refractivity contribution in [3.63, 3.8) is 0 Å². The van der Waals surface area contributed by atoms with Gasteiger partial charge in [0.05, 0.1) is 100 Å². The second-order valence-electron chi connectivity index (χ2n) is 45.1. The summed E-state index contributed by atoms with van der Waals surface area (Å²) in [5, 5.41) is 40.0. The number of rotatable bonds is 0. The topological polar surface area (TPSA) is 225 Å². The molecule has 12 aromatic heterocycles. The van der Waals surface area contributed by atoms with Gasteiger partial charge < -0.3 is 19.9 Å². The van der Waals surface area contributed by atoms with E-state index in [9.17, 15) is 0 Å². The molecule has 4 aromatic carbocycles. The van der Waals surface area contributed by atoms with Crippen LogP contribution in [0.3, 0.4) is 0 Å². The fourth-order valence-corrected chi connectivity index (χ4v) is 18.4. The van der Waals surface area contributed by atoms with Gasteiger partial charge in [-0.3, -0.25) is 28.1 Å². The van der Waals surface area contributed by atoms with Crippen molar-refractivity contribution in [3.05, 3.63) is 368 Å². The molecule has 32 bridgehead atoms. The van der Waals surface area contributed by atoms with Gasteiger partial charge in [0.1, 0.15) is 12.7 Å². The summed E-state index contributed by atoms with van der Waals surface area (Å²) in [4.78, 5) is 29.7. The van der Waals surface area contributed by atoms with E-state index in [0.717, 1.165) is 124 Å². The molecule has 0 unspecified atom stereocenters. The molecule has 16 heterocycles. The normalized spacial score (nSPS) is 19.3. The van der Waals surface area contributed by atoms with E-state index in [1.807, 2.05) is 28.1 Å². The van der Waals surface area contributed by atoms with Crippen molar-refractivity contribution in [3.8, 4) is 0 Å². The average molecular weight is 2410 g/mol. The van der Waals surface area contributed by atoms with Crippen molar-refractivity contribution >= 4 is 0 Å². The predicted molar refractivity (Wildman–Crippen MR) is 518 cm³/mol. The van der Waals surface area contributed by atoms with Gasteiger partial charge >= 0.3 is 80.3 Å². The Bertz CT molecular complexity index is 5800. The zero-order valence-electron chi connectivity index (χ0n) is 84.7. The first-order chi connectivity index (χ1) is 61.4. The van der Waals surface area contributed by atoms with Gasteiger partial charge in [-0.05, 0) is 224 Å². The van der Waals surface area contributed by atoms with E-state index in [-0.39, 0.29) is 151 Å². The van der Waals surface area contributed by atoms with E-state index in [0.29, 0.717) is 11.6 Å². The van der Waals surface area contributed by atoms with Crippen LogP contribution in [0.1, 0.15) is 357 Å². The van der Waals surface area contributed by atoms with Crippen molar-refractivity contribution in [1.29, 1.82) is 0 Å². The Balaban J connectivity index is 0.000000152. The predicted octanol–water partition coefficient (Wildman–Crippen LogP) is 20.3. The number of hydrogen-bond donors (Lipinski definition) is 0. The summed E-state index contributed by atoms with van der Waals surface area (Å²) in [6.45, 7) is 69.6. The molecule has 4 aliphatic heterocycles. The van der Waals surface area contributed by atoms with E-state index >= 15 is 0 Å². The molecule has 0 aliphatic carbocycles. The van der Waals surface area contributed by atoms with Crippen molar-refractivity contribution in [2.24, 2.45) is 0 Å². The minimum Gasteiger partial charge on any atom is -0.662 e. The van der Waals surface area contributed by atoms with Gasteiger partial charge in [-0.15, -0.1) is 45.0 Å². The van der Waals surface area contributed by atoms with Crippen LogP contribution in [0.15, 0.2) is 208 Å². The van der Waals surface area contributed by atoms with Crippen molar-refractivity contribution in [2.45, 2.75) is 309 Å². The third-order valence-electron chi connectivity index (χ3n) is 30.2. The van der Waals surface area contributed by atoms with Crippen LogP contribution < -0.4 is 19.9 Å². The number of nitrogens with zero attached hydrogens (tertiary/aromatic N) is 22. The summed E-state index contributed by atoms with van der Waals surface area (Å²) in [6, 6.07) is 70.3. The maximum absolute atomic E-state index is 5.08. The molecule has 4 aliphatic rings. The Labute approximate surface area is 858 Å². The molecule has 16 aromatic rings. The summed E-state index contributed by atoms with van der Waals surface area (Å²) in [6.07, 6.45) is 16.0. The fraction of sp³-hybridized carbons (Fsp3) is 0.436. The molecule has 0 saturated carbocycles. The van der Waals surface area contributed by atoms with Gasteiger partial charge in [-0.25, -0.2) is 19.3 Å². The number of fused-ring (bicyclic) bond motifs is 32. The van der Waals surface area contributed by atoms with E-state index in [2.05, 4.69) is 450 Å². The van der Waals surface area contributed by atoms with Crippen LogP contribution in [0.25, 0.3) is 0 Å². The molecule has 136 heavy (non-hydrogen) atoms. The van der Waals surface area contributed by atoms with Crippen LogP contribution in [0.4, 0.5) is 0 Å². The molecule has 20 rings (SSSR count). The van der Waals surface area contributed by atoms with Gasteiger partial charge in [0, 0.05) is 37.2 Å². The molecule has 0 N–H and O–H groups in total. The zero-order chi connectivity index (χ0) is 95.2. The molecule has 26 heteroatoms. The molecule has 0 atom stereocenters. The largest absolute Gasteiger partial charge is 2.00 e. The Morgan fingerprint density at radius 2 is 0.375 bits per heavy atom.